The molecule has 0 atom stereocenters. The van der Waals surface area contributed by atoms with E-state index in [0.717, 1.165) is 25.3 Å². The van der Waals surface area contributed by atoms with Gasteiger partial charge in [-0.05, 0) is 24.1 Å². The van der Waals surface area contributed by atoms with Crippen molar-refractivity contribution in [1.29, 1.82) is 0 Å². The number of hydrogen-bond donors (Lipinski definition) is 2. The van der Waals surface area contributed by atoms with Crippen LogP contribution in [0.4, 0.5) is 0 Å². The van der Waals surface area contributed by atoms with Gasteiger partial charge in [0.15, 0.2) is 0 Å². The lowest BCUT2D eigenvalue weighted by atomic mass is 10.2. The Labute approximate surface area is 109 Å². The smallest absolute Gasteiger partial charge is 0.221 e. The summed E-state index contributed by atoms with van der Waals surface area (Å²) in [7, 11) is 1.65. The first kappa shape index (κ1) is 14.5. The van der Waals surface area contributed by atoms with E-state index in [0.29, 0.717) is 13.0 Å². The van der Waals surface area contributed by atoms with Gasteiger partial charge in [0.1, 0.15) is 5.75 Å². The molecule has 2 N–H and O–H groups in total. The Balaban J connectivity index is 2.24. The summed E-state index contributed by atoms with van der Waals surface area (Å²) >= 11 is 0. The molecule has 18 heavy (non-hydrogen) atoms. The standard InChI is InChI=1S/C14H22N2O2/c1-3-10-18-13-6-4-12(5-7-13)11-16-9-8-14(17)15-2/h4-7,16H,3,8-11H2,1-2H3,(H,15,17). The number of carbonyl (C=O) groups is 1. The van der Waals surface area contributed by atoms with E-state index in [1.54, 1.807) is 7.05 Å². The van der Waals surface area contributed by atoms with E-state index < -0.39 is 0 Å². The number of nitrogens with one attached hydrogen (secondary N) is 2. The molecule has 1 amide bonds. The fourth-order valence-electron chi connectivity index (χ4n) is 1.48. The van der Waals surface area contributed by atoms with Gasteiger partial charge in [-0.3, -0.25) is 4.79 Å². The van der Waals surface area contributed by atoms with Gasteiger partial charge >= 0.3 is 0 Å². The van der Waals surface area contributed by atoms with Gasteiger partial charge in [-0.15, -0.1) is 0 Å². The van der Waals surface area contributed by atoms with Crippen LogP contribution in [-0.2, 0) is 11.3 Å². The number of carbonyl (C=O) groups excluding carboxylic acids is 1. The van der Waals surface area contributed by atoms with Gasteiger partial charge in [0.05, 0.1) is 6.61 Å². The molecule has 100 valence electrons. The van der Waals surface area contributed by atoms with Crippen LogP contribution < -0.4 is 15.4 Å². The van der Waals surface area contributed by atoms with Crippen LogP contribution in [0.15, 0.2) is 24.3 Å². The second kappa shape index (κ2) is 8.53. The van der Waals surface area contributed by atoms with E-state index in [1.165, 1.54) is 5.56 Å². The molecule has 1 aromatic carbocycles. The summed E-state index contributed by atoms with van der Waals surface area (Å²) in [6, 6.07) is 8.03. The SMILES string of the molecule is CCCOc1ccc(CNCCC(=O)NC)cc1. The van der Waals surface area contributed by atoms with Crippen LogP contribution >= 0.6 is 0 Å². The quantitative estimate of drug-likeness (QED) is 0.690. The molecule has 0 heterocycles. The Bertz CT molecular complexity index is 349. The minimum absolute atomic E-state index is 0.0609. The zero-order valence-corrected chi connectivity index (χ0v) is 11.2. The van der Waals surface area contributed by atoms with Crippen LogP contribution in [0.5, 0.6) is 5.75 Å². The van der Waals surface area contributed by atoms with Crippen LogP contribution in [0, 0.1) is 0 Å². The van der Waals surface area contributed by atoms with Gasteiger partial charge in [-0.2, -0.15) is 0 Å². The van der Waals surface area contributed by atoms with Gasteiger partial charge in [-0.1, -0.05) is 19.1 Å². The second-order valence-electron chi connectivity index (χ2n) is 4.09. The molecule has 0 saturated carbocycles. The molecule has 4 heteroatoms. The number of rotatable bonds is 8. The first-order chi connectivity index (χ1) is 8.76. The maximum absolute atomic E-state index is 11.0. The summed E-state index contributed by atoms with van der Waals surface area (Å²) in [6.45, 7) is 4.30. The van der Waals surface area contributed by atoms with Crippen molar-refractivity contribution in [1.82, 2.24) is 10.6 Å². The third-order valence-corrected chi connectivity index (χ3v) is 2.53. The first-order valence-electron chi connectivity index (χ1n) is 6.39. The molecule has 0 fully saturated rings. The average Bonchev–Trinajstić information content (AvgIpc) is 2.42. The predicted molar refractivity (Wildman–Crippen MR) is 72.6 cm³/mol. The molecule has 4 nitrogen and oxygen atoms in total. The van der Waals surface area contributed by atoms with Gasteiger partial charge < -0.3 is 15.4 Å². The summed E-state index contributed by atoms with van der Waals surface area (Å²) in [6.07, 6.45) is 1.52. The average molecular weight is 250 g/mol. The molecular formula is C14H22N2O2. The first-order valence-corrected chi connectivity index (χ1v) is 6.39. The summed E-state index contributed by atoms with van der Waals surface area (Å²) in [5.41, 5.74) is 1.19. The zero-order valence-electron chi connectivity index (χ0n) is 11.2. The lowest BCUT2D eigenvalue weighted by molar-refractivity contribution is -0.120. The summed E-state index contributed by atoms with van der Waals surface area (Å²) in [4.78, 5) is 11.0. The lowest BCUT2D eigenvalue weighted by Crippen LogP contribution is -2.24. The van der Waals surface area contributed by atoms with Crippen LogP contribution in [0.3, 0.4) is 0 Å². The summed E-state index contributed by atoms with van der Waals surface area (Å²) < 4.78 is 5.51. The Morgan fingerprint density at radius 2 is 2.00 bits per heavy atom. The van der Waals surface area contributed by atoms with Crippen molar-refractivity contribution in [3.63, 3.8) is 0 Å². The highest BCUT2D eigenvalue weighted by atomic mass is 16.5. The highest BCUT2D eigenvalue weighted by molar-refractivity contribution is 5.75. The highest BCUT2D eigenvalue weighted by Gasteiger charge is 1.98. The molecule has 0 aromatic heterocycles. The van der Waals surface area contributed by atoms with Crippen LogP contribution in [0.2, 0.25) is 0 Å². The van der Waals surface area contributed by atoms with Crippen molar-refractivity contribution in [3.8, 4) is 5.75 Å². The normalized spacial score (nSPS) is 10.1. The maximum Gasteiger partial charge on any atom is 0.221 e. The topological polar surface area (TPSA) is 50.4 Å². The maximum atomic E-state index is 11.0. The minimum atomic E-state index is 0.0609. The molecule has 0 bridgehead atoms. The Kier molecular flexibility index (Phi) is 6.87. The number of amides is 1. The third kappa shape index (κ3) is 5.68. The summed E-state index contributed by atoms with van der Waals surface area (Å²) in [5, 5.41) is 5.82. The molecule has 0 aliphatic rings. The fraction of sp³-hybridized carbons (Fsp3) is 0.500. The second-order valence-corrected chi connectivity index (χ2v) is 4.09. The van der Waals surface area contributed by atoms with E-state index in [-0.39, 0.29) is 5.91 Å². The number of hydrogen-bond acceptors (Lipinski definition) is 3. The van der Waals surface area contributed by atoms with Crippen LogP contribution in [0.25, 0.3) is 0 Å². The lowest BCUT2D eigenvalue weighted by Gasteiger charge is -2.07. The zero-order chi connectivity index (χ0) is 13.2. The van der Waals surface area contributed by atoms with Crippen molar-refractivity contribution >= 4 is 5.91 Å². The Morgan fingerprint density at radius 3 is 2.61 bits per heavy atom. The molecule has 0 aliphatic carbocycles. The van der Waals surface area contributed by atoms with Gasteiger partial charge in [0, 0.05) is 26.6 Å². The predicted octanol–water partition coefficient (Wildman–Crippen LogP) is 1.70. The monoisotopic (exact) mass is 250 g/mol. The van der Waals surface area contributed by atoms with E-state index in [1.807, 2.05) is 24.3 Å². The summed E-state index contributed by atoms with van der Waals surface area (Å²) in [5.74, 6) is 0.969. The molecular weight excluding hydrogens is 228 g/mol. The molecule has 0 aliphatic heterocycles. The molecule has 0 saturated heterocycles. The van der Waals surface area contributed by atoms with E-state index in [9.17, 15) is 4.79 Å². The highest BCUT2D eigenvalue weighted by Crippen LogP contribution is 2.12. The Hall–Kier alpha value is -1.55. The largest absolute Gasteiger partial charge is 0.494 e. The minimum Gasteiger partial charge on any atom is -0.494 e. The molecule has 0 spiro atoms. The van der Waals surface area contributed by atoms with Crippen LogP contribution in [-0.4, -0.2) is 26.1 Å². The van der Waals surface area contributed by atoms with Crippen molar-refractivity contribution in [3.05, 3.63) is 29.8 Å². The molecule has 1 aromatic rings. The number of ether oxygens (including phenoxy) is 1. The van der Waals surface area contributed by atoms with Crippen molar-refractivity contribution < 1.29 is 9.53 Å². The van der Waals surface area contributed by atoms with Crippen molar-refractivity contribution in [2.45, 2.75) is 26.3 Å². The van der Waals surface area contributed by atoms with E-state index >= 15 is 0 Å². The van der Waals surface area contributed by atoms with E-state index in [2.05, 4.69) is 17.6 Å². The van der Waals surface area contributed by atoms with Gasteiger partial charge in [0.2, 0.25) is 5.91 Å². The Morgan fingerprint density at radius 1 is 1.28 bits per heavy atom. The van der Waals surface area contributed by atoms with Crippen molar-refractivity contribution in [2.24, 2.45) is 0 Å². The van der Waals surface area contributed by atoms with E-state index in [4.69, 9.17) is 4.74 Å². The fourth-order valence-corrected chi connectivity index (χ4v) is 1.48. The molecule has 1 rings (SSSR count). The number of benzene rings is 1. The van der Waals surface area contributed by atoms with Gasteiger partial charge in [-0.25, -0.2) is 0 Å². The van der Waals surface area contributed by atoms with Crippen molar-refractivity contribution in [2.75, 3.05) is 20.2 Å². The molecule has 0 unspecified atom stereocenters. The van der Waals surface area contributed by atoms with Gasteiger partial charge in [0.25, 0.3) is 0 Å². The third-order valence-electron chi connectivity index (χ3n) is 2.53. The molecule has 0 radical (unpaired) electrons. The van der Waals surface area contributed by atoms with Crippen LogP contribution in [0.1, 0.15) is 25.3 Å².